The van der Waals surface area contributed by atoms with Gasteiger partial charge in [-0.3, -0.25) is 4.79 Å². The van der Waals surface area contributed by atoms with E-state index in [9.17, 15) is 13.2 Å². The lowest BCUT2D eigenvalue weighted by molar-refractivity contribution is -0.121. The zero-order valence-electron chi connectivity index (χ0n) is 12.5. The molecule has 1 saturated heterocycles. The molecule has 7 heteroatoms. The Bertz CT molecular complexity index is 610. The molecule has 0 bridgehead atoms. The minimum atomic E-state index is -3.71. The number of benzene rings is 1. The second-order valence-electron chi connectivity index (χ2n) is 5.70. The van der Waals surface area contributed by atoms with E-state index in [1.165, 1.54) is 12.1 Å². The maximum Gasteiger partial charge on any atom is 0.238 e. The minimum Gasteiger partial charge on any atom is -0.352 e. The van der Waals surface area contributed by atoms with Crippen LogP contribution in [0.3, 0.4) is 0 Å². The highest BCUT2D eigenvalue weighted by atomic mass is 32.2. The summed E-state index contributed by atoms with van der Waals surface area (Å²) in [4.78, 5) is 11.9. The van der Waals surface area contributed by atoms with Crippen LogP contribution in [0, 0.1) is 5.92 Å². The van der Waals surface area contributed by atoms with E-state index in [-0.39, 0.29) is 10.8 Å². The number of rotatable bonds is 6. The van der Waals surface area contributed by atoms with Gasteiger partial charge in [0.15, 0.2) is 0 Å². The number of sulfonamides is 1. The van der Waals surface area contributed by atoms with Gasteiger partial charge in [-0.15, -0.1) is 0 Å². The number of nitrogens with one attached hydrogen (secondary N) is 2. The Kier molecular flexibility index (Phi) is 5.93. The molecule has 0 atom stereocenters. The highest BCUT2D eigenvalue weighted by Gasteiger charge is 2.14. The van der Waals surface area contributed by atoms with Crippen LogP contribution < -0.4 is 15.8 Å². The maximum absolute atomic E-state index is 11.9. The van der Waals surface area contributed by atoms with Gasteiger partial charge in [-0.25, -0.2) is 13.6 Å². The first kappa shape index (κ1) is 16.9. The molecule has 1 heterocycles. The molecule has 0 radical (unpaired) electrons. The lowest BCUT2D eigenvalue weighted by Crippen LogP contribution is -2.29. The van der Waals surface area contributed by atoms with E-state index in [4.69, 9.17) is 5.14 Å². The Labute approximate surface area is 131 Å². The number of amides is 1. The second-order valence-corrected chi connectivity index (χ2v) is 7.26. The average molecular weight is 325 g/mol. The molecule has 1 amide bonds. The molecule has 1 aliphatic heterocycles. The van der Waals surface area contributed by atoms with E-state index in [0.29, 0.717) is 18.9 Å². The fourth-order valence-electron chi connectivity index (χ4n) is 2.63. The van der Waals surface area contributed by atoms with Crippen molar-refractivity contribution in [2.45, 2.75) is 37.1 Å². The maximum atomic E-state index is 11.9. The Morgan fingerprint density at radius 3 is 2.73 bits per heavy atom. The highest BCUT2D eigenvalue weighted by Crippen LogP contribution is 2.17. The van der Waals surface area contributed by atoms with Crippen LogP contribution in [0.2, 0.25) is 0 Å². The van der Waals surface area contributed by atoms with Gasteiger partial charge in [0.25, 0.3) is 0 Å². The SMILES string of the molecule is NS(=O)(=O)c1cccc(CNC(=O)CCC2CCNCC2)c1. The molecule has 1 aromatic rings. The molecule has 22 heavy (non-hydrogen) atoms. The summed E-state index contributed by atoms with van der Waals surface area (Å²) in [6.07, 6.45) is 3.68. The number of nitrogens with two attached hydrogens (primary N) is 1. The summed E-state index contributed by atoms with van der Waals surface area (Å²) < 4.78 is 22.6. The van der Waals surface area contributed by atoms with Gasteiger partial charge in [0.2, 0.25) is 15.9 Å². The predicted molar refractivity (Wildman–Crippen MR) is 84.5 cm³/mol. The molecule has 1 fully saturated rings. The van der Waals surface area contributed by atoms with Crippen molar-refractivity contribution in [3.05, 3.63) is 29.8 Å². The summed E-state index contributed by atoms with van der Waals surface area (Å²) in [6.45, 7) is 2.38. The largest absolute Gasteiger partial charge is 0.352 e. The minimum absolute atomic E-state index is 0.000425. The molecule has 0 unspecified atom stereocenters. The Morgan fingerprint density at radius 2 is 2.05 bits per heavy atom. The van der Waals surface area contributed by atoms with Crippen LogP contribution in [0.4, 0.5) is 0 Å². The normalized spacial score (nSPS) is 16.4. The summed E-state index contributed by atoms with van der Waals surface area (Å²) >= 11 is 0. The summed E-state index contributed by atoms with van der Waals surface area (Å²) in [7, 11) is -3.71. The highest BCUT2D eigenvalue weighted by molar-refractivity contribution is 7.89. The first-order chi connectivity index (χ1) is 10.4. The van der Waals surface area contributed by atoms with Crippen LogP contribution in [0.5, 0.6) is 0 Å². The van der Waals surface area contributed by atoms with Crippen LogP contribution in [0.25, 0.3) is 0 Å². The van der Waals surface area contributed by atoms with E-state index in [0.717, 1.165) is 37.9 Å². The van der Waals surface area contributed by atoms with Crippen LogP contribution in [0.15, 0.2) is 29.2 Å². The van der Waals surface area contributed by atoms with Crippen LogP contribution in [-0.4, -0.2) is 27.4 Å². The summed E-state index contributed by atoms with van der Waals surface area (Å²) in [5.41, 5.74) is 0.724. The third kappa shape index (κ3) is 5.40. The first-order valence-corrected chi connectivity index (χ1v) is 9.09. The Balaban J connectivity index is 1.78. The number of carbonyl (C=O) groups excluding carboxylic acids is 1. The zero-order valence-corrected chi connectivity index (χ0v) is 13.4. The number of primary sulfonamides is 1. The van der Waals surface area contributed by atoms with Crippen molar-refractivity contribution in [1.29, 1.82) is 0 Å². The summed E-state index contributed by atoms with van der Waals surface area (Å²) in [5.74, 6) is 0.622. The molecule has 4 N–H and O–H groups in total. The van der Waals surface area contributed by atoms with Crippen molar-refractivity contribution >= 4 is 15.9 Å². The molecule has 122 valence electrons. The molecule has 0 aliphatic carbocycles. The van der Waals surface area contributed by atoms with E-state index in [1.807, 2.05) is 0 Å². The van der Waals surface area contributed by atoms with Crippen molar-refractivity contribution in [3.8, 4) is 0 Å². The lowest BCUT2D eigenvalue weighted by Gasteiger charge is -2.22. The fourth-order valence-corrected chi connectivity index (χ4v) is 3.21. The van der Waals surface area contributed by atoms with Gasteiger partial charge >= 0.3 is 0 Å². The van der Waals surface area contributed by atoms with E-state index in [2.05, 4.69) is 10.6 Å². The third-order valence-electron chi connectivity index (χ3n) is 3.96. The first-order valence-electron chi connectivity index (χ1n) is 7.54. The quantitative estimate of drug-likeness (QED) is 0.717. The summed E-state index contributed by atoms with van der Waals surface area (Å²) in [6, 6.07) is 6.32. The topological polar surface area (TPSA) is 101 Å². The third-order valence-corrected chi connectivity index (χ3v) is 4.87. The van der Waals surface area contributed by atoms with E-state index >= 15 is 0 Å². The molecule has 0 aromatic heterocycles. The van der Waals surface area contributed by atoms with Gasteiger partial charge < -0.3 is 10.6 Å². The number of carbonyl (C=O) groups is 1. The molecule has 1 aromatic carbocycles. The van der Waals surface area contributed by atoms with Crippen LogP contribution >= 0.6 is 0 Å². The summed E-state index contributed by atoms with van der Waals surface area (Å²) in [5, 5.41) is 11.2. The second kappa shape index (κ2) is 7.71. The predicted octanol–water partition coefficient (Wildman–Crippen LogP) is 0.730. The van der Waals surface area contributed by atoms with E-state index in [1.54, 1.807) is 12.1 Å². The van der Waals surface area contributed by atoms with Gasteiger partial charge in [0, 0.05) is 13.0 Å². The Hall–Kier alpha value is -1.44. The van der Waals surface area contributed by atoms with Crippen molar-refractivity contribution in [2.75, 3.05) is 13.1 Å². The molecule has 0 spiro atoms. The molecule has 6 nitrogen and oxygen atoms in total. The van der Waals surface area contributed by atoms with Crippen molar-refractivity contribution in [3.63, 3.8) is 0 Å². The Morgan fingerprint density at radius 1 is 1.32 bits per heavy atom. The van der Waals surface area contributed by atoms with Crippen molar-refractivity contribution < 1.29 is 13.2 Å². The fraction of sp³-hybridized carbons (Fsp3) is 0.533. The van der Waals surface area contributed by atoms with Gasteiger partial charge in [0.05, 0.1) is 4.90 Å². The van der Waals surface area contributed by atoms with Gasteiger partial charge in [0.1, 0.15) is 0 Å². The number of hydrogen-bond donors (Lipinski definition) is 3. The average Bonchev–Trinajstić information content (AvgIpc) is 2.51. The standard InChI is InChI=1S/C15H23N3O3S/c16-22(20,21)14-3-1-2-13(10-14)11-18-15(19)5-4-12-6-8-17-9-7-12/h1-3,10,12,17H,4-9,11H2,(H,18,19)(H2,16,20,21). The lowest BCUT2D eigenvalue weighted by atomic mass is 9.93. The van der Waals surface area contributed by atoms with Crippen molar-refractivity contribution in [1.82, 2.24) is 10.6 Å². The zero-order chi connectivity index (χ0) is 16.0. The van der Waals surface area contributed by atoms with Gasteiger partial charge in [-0.1, -0.05) is 12.1 Å². The molecule has 0 saturated carbocycles. The molecular weight excluding hydrogens is 302 g/mol. The monoisotopic (exact) mass is 325 g/mol. The van der Waals surface area contributed by atoms with Crippen LogP contribution in [-0.2, 0) is 21.4 Å². The molecule has 2 rings (SSSR count). The smallest absolute Gasteiger partial charge is 0.238 e. The van der Waals surface area contributed by atoms with Crippen LogP contribution in [0.1, 0.15) is 31.2 Å². The number of piperidine rings is 1. The van der Waals surface area contributed by atoms with Crippen molar-refractivity contribution in [2.24, 2.45) is 11.1 Å². The van der Waals surface area contributed by atoms with Gasteiger partial charge in [-0.05, 0) is 56.0 Å². The van der Waals surface area contributed by atoms with E-state index < -0.39 is 10.0 Å². The molecular formula is C15H23N3O3S. The van der Waals surface area contributed by atoms with Gasteiger partial charge in [-0.2, -0.15) is 0 Å². The molecule has 1 aliphatic rings. The number of hydrogen-bond acceptors (Lipinski definition) is 4.